The highest BCUT2D eigenvalue weighted by molar-refractivity contribution is 5.82. The number of aromatic nitrogens is 1. The number of carbonyl (C=O) groups excluding carboxylic acids is 1. The van der Waals surface area contributed by atoms with Crippen LogP contribution < -0.4 is 20.1 Å². The van der Waals surface area contributed by atoms with Gasteiger partial charge in [0.05, 0.1) is 19.2 Å². The minimum absolute atomic E-state index is 0.128. The molecule has 0 bridgehead atoms. The average molecular weight is 391 g/mol. The molecule has 1 atom stereocenters. The van der Waals surface area contributed by atoms with Gasteiger partial charge >= 0.3 is 0 Å². The molecule has 1 aromatic carbocycles. The summed E-state index contributed by atoms with van der Waals surface area (Å²) in [5.41, 5.74) is 0.645. The predicted octanol–water partition coefficient (Wildman–Crippen LogP) is 3.28. The number of hydrogen-bond acceptors (Lipinski definition) is 5. The fourth-order valence-electron chi connectivity index (χ4n) is 2.79. The highest BCUT2D eigenvalue weighted by Gasteiger charge is 2.42. The van der Waals surface area contributed by atoms with E-state index >= 15 is 0 Å². The second kappa shape index (κ2) is 8.97. The Bertz CT molecular complexity index is 800. The third kappa shape index (κ3) is 5.39. The summed E-state index contributed by atoms with van der Waals surface area (Å²) >= 11 is 0. The third-order valence-electron chi connectivity index (χ3n) is 4.24. The molecule has 6 nitrogen and oxygen atoms in total. The van der Waals surface area contributed by atoms with E-state index in [-0.39, 0.29) is 6.54 Å². The van der Waals surface area contributed by atoms with Gasteiger partial charge in [0.1, 0.15) is 11.5 Å². The van der Waals surface area contributed by atoms with Gasteiger partial charge in [-0.1, -0.05) is 13.0 Å². The Morgan fingerprint density at radius 1 is 1.29 bits per heavy atom. The Morgan fingerprint density at radius 2 is 2.04 bits per heavy atom. The quantitative estimate of drug-likeness (QED) is 0.723. The molecule has 1 saturated heterocycles. The van der Waals surface area contributed by atoms with Crippen molar-refractivity contribution < 1.29 is 23.0 Å². The summed E-state index contributed by atoms with van der Waals surface area (Å²) in [6, 6.07) is 9.74. The summed E-state index contributed by atoms with van der Waals surface area (Å²) in [5, 5.41) is 5.20. The molecule has 1 aliphatic heterocycles. The number of halogens is 2. The molecular formula is C20H23F2N3O3. The fourth-order valence-corrected chi connectivity index (χ4v) is 2.79. The lowest BCUT2D eigenvalue weighted by Gasteiger charge is -2.13. The summed E-state index contributed by atoms with van der Waals surface area (Å²) < 4.78 is 37.8. The Morgan fingerprint density at radius 3 is 2.71 bits per heavy atom. The minimum Gasteiger partial charge on any atom is -0.494 e. The van der Waals surface area contributed by atoms with Crippen molar-refractivity contribution in [3.05, 3.63) is 48.2 Å². The summed E-state index contributed by atoms with van der Waals surface area (Å²) in [7, 11) is 0. The van der Waals surface area contributed by atoms with E-state index in [9.17, 15) is 13.6 Å². The molecule has 1 aromatic heterocycles. The molecule has 2 N–H and O–H groups in total. The Labute approximate surface area is 162 Å². The molecule has 0 radical (unpaired) electrons. The first kappa shape index (κ1) is 20.0. The Balaban J connectivity index is 1.59. The molecule has 1 amide bonds. The zero-order valence-electron chi connectivity index (χ0n) is 15.6. The van der Waals surface area contributed by atoms with E-state index in [1.165, 1.54) is 0 Å². The highest BCUT2D eigenvalue weighted by Crippen LogP contribution is 2.26. The highest BCUT2D eigenvalue weighted by atomic mass is 19.3. The molecule has 1 unspecified atom stereocenters. The van der Waals surface area contributed by atoms with Crippen molar-refractivity contribution in [3.63, 3.8) is 0 Å². The van der Waals surface area contributed by atoms with Gasteiger partial charge in [0, 0.05) is 24.7 Å². The van der Waals surface area contributed by atoms with Crippen molar-refractivity contribution in [2.24, 2.45) is 0 Å². The van der Waals surface area contributed by atoms with Gasteiger partial charge in [0.2, 0.25) is 11.8 Å². The van der Waals surface area contributed by atoms with Crippen molar-refractivity contribution in [2.75, 3.05) is 13.2 Å². The van der Waals surface area contributed by atoms with E-state index in [0.29, 0.717) is 23.8 Å². The van der Waals surface area contributed by atoms with Crippen molar-refractivity contribution in [1.29, 1.82) is 0 Å². The third-order valence-corrected chi connectivity index (χ3v) is 4.24. The van der Waals surface area contributed by atoms with E-state index in [0.717, 1.165) is 12.2 Å². The Kier molecular flexibility index (Phi) is 6.41. The van der Waals surface area contributed by atoms with E-state index in [1.54, 1.807) is 42.6 Å². The number of amides is 1. The zero-order chi connectivity index (χ0) is 20.0. The van der Waals surface area contributed by atoms with Crippen LogP contribution in [0.1, 0.15) is 25.3 Å². The summed E-state index contributed by atoms with van der Waals surface area (Å²) in [5.74, 6) is -1.65. The van der Waals surface area contributed by atoms with Crippen LogP contribution in [0, 0.1) is 0 Å². The number of nitrogens with zero attached hydrogens (tertiary/aromatic N) is 1. The lowest BCUT2D eigenvalue weighted by Crippen LogP contribution is -2.40. The van der Waals surface area contributed by atoms with Crippen LogP contribution in [-0.4, -0.2) is 36.0 Å². The number of pyridine rings is 1. The van der Waals surface area contributed by atoms with Gasteiger partial charge < -0.3 is 14.8 Å². The predicted molar refractivity (Wildman–Crippen MR) is 99.7 cm³/mol. The smallest absolute Gasteiger partial charge is 0.262 e. The van der Waals surface area contributed by atoms with E-state index in [1.807, 2.05) is 6.92 Å². The van der Waals surface area contributed by atoms with E-state index < -0.39 is 30.8 Å². The van der Waals surface area contributed by atoms with Crippen LogP contribution in [0.25, 0.3) is 0 Å². The first-order valence-electron chi connectivity index (χ1n) is 9.20. The monoisotopic (exact) mass is 391 g/mol. The molecule has 1 fully saturated rings. The molecule has 2 heterocycles. The van der Waals surface area contributed by atoms with Gasteiger partial charge in [-0.3, -0.25) is 10.1 Å². The maximum Gasteiger partial charge on any atom is 0.262 e. The molecule has 2 aromatic rings. The number of ether oxygens (including phenoxy) is 2. The zero-order valence-corrected chi connectivity index (χ0v) is 15.6. The summed E-state index contributed by atoms with van der Waals surface area (Å²) in [6.07, 6.45) is 2.01. The van der Waals surface area contributed by atoms with Crippen LogP contribution >= 0.6 is 0 Å². The number of carbonyl (C=O) groups is 1. The van der Waals surface area contributed by atoms with Crippen LogP contribution in [-0.2, 0) is 11.3 Å². The van der Waals surface area contributed by atoms with Gasteiger partial charge in [-0.2, -0.15) is 0 Å². The average Bonchev–Trinajstić information content (AvgIpc) is 3.06. The first-order chi connectivity index (χ1) is 13.5. The fraction of sp³-hybridized carbons (Fsp3) is 0.400. The number of hydrogen-bond donors (Lipinski definition) is 2. The number of alkyl halides is 2. The second-order valence-corrected chi connectivity index (χ2v) is 6.60. The lowest BCUT2D eigenvalue weighted by atomic mass is 10.2. The van der Waals surface area contributed by atoms with Gasteiger partial charge in [-0.05, 0) is 36.8 Å². The topological polar surface area (TPSA) is 72.5 Å². The summed E-state index contributed by atoms with van der Waals surface area (Å²) in [4.78, 5) is 16.3. The van der Waals surface area contributed by atoms with Crippen LogP contribution in [0.3, 0.4) is 0 Å². The largest absolute Gasteiger partial charge is 0.494 e. The maximum absolute atomic E-state index is 13.2. The SMILES string of the molecule is CCCOc1ccc(Oc2ncccc2CNC(=O)C2CC(F)(F)CN2)cc1. The van der Waals surface area contributed by atoms with Crippen LogP contribution in [0.2, 0.25) is 0 Å². The molecule has 1 aliphatic rings. The van der Waals surface area contributed by atoms with Crippen LogP contribution in [0.15, 0.2) is 42.6 Å². The molecule has 3 rings (SSSR count). The van der Waals surface area contributed by atoms with Crippen molar-refractivity contribution in [2.45, 2.75) is 38.3 Å². The number of rotatable bonds is 8. The normalized spacial score (nSPS) is 17.9. The Hall–Kier alpha value is -2.74. The van der Waals surface area contributed by atoms with Crippen molar-refractivity contribution in [3.8, 4) is 17.4 Å². The van der Waals surface area contributed by atoms with Crippen molar-refractivity contribution in [1.82, 2.24) is 15.6 Å². The van der Waals surface area contributed by atoms with Gasteiger partial charge in [-0.15, -0.1) is 0 Å². The van der Waals surface area contributed by atoms with E-state index in [4.69, 9.17) is 9.47 Å². The minimum atomic E-state index is -2.85. The molecular weight excluding hydrogens is 368 g/mol. The van der Waals surface area contributed by atoms with E-state index in [2.05, 4.69) is 15.6 Å². The molecule has 0 spiro atoms. The molecule has 150 valence electrons. The second-order valence-electron chi connectivity index (χ2n) is 6.60. The van der Waals surface area contributed by atoms with Crippen molar-refractivity contribution >= 4 is 5.91 Å². The lowest BCUT2D eigenvalue weighted by molar-refractivity contribution is -0.123. The number of benzene rings is 1. The molecule has 8 heteroatoms. The summed E-state index contributed by atoms with van der Waals surface area (Å²) in [6.45, 7) is 2.33. The maximum atomic E-state index is 13.2. The number of nitrogens with one attached hydrogen (secondary N) is 2. The molecule has 0 saturated carbocycles. The van der Waals surface area contributed by atoms with Crippen LogP contribution in [0.5, 0.6) is 17.4 Å². The first-order valence-corrected chi connectivity index (χ1v) is 9.20. The van der Waals surface area contributed by atoms with Crippen LogP contribution in [0.4, 0.5) is 8.78 Å². The molecule has 0 aliphatic carbocycles. The van der Waals surface area contributed by atoms with Gasteiger partial charge in [0.15, 0.2) is 0 Å². The standard InChI is InChI=1S/C20H23F2N3O3/c1-2-10-27-15-5-7-16(8-6-15)28-19-14(4-3-9-23-19)12-24-18(26)17-11-20(21,22)13-25-17/h3-9,17,25H,2,10-13H2,1H3,(H,24,26). The van der Waals surface area contributed by atoms with Gasteiger partial charge in [0.25, 0.3) is 5.92 Å². The molecule has 28 heavy (non-hydrogen) atoms. The van der Waals surface area contributed by atoms with Gasteiger partial charge in [-0.25, -0.2) is 13.8 Å².